The van der Waals surface area contributed by atoms with Crippen LogP contribution in [0.1, 0.15) is 5.56 Å². The Morgan fingerprint density at radius 3 is 2.53 bits per heavy atom. The highest BCUT2D eigenvalue weighted by Crippen LogP contribution is 2.30. The Morgan fingerprint density at radius 2 is 2.00 bits per heavy atom. The smallest absolute Gasteiger partial charge is 0.245 e. The van der Waals surface area contributed by atoms with Crippen LogP contribution >= 0.6 is 47.0 Å². The summed E-state index contributed by atoms with van der Waals surface area (Å²) in [6.45, 7) is 0. The standard InChI is InChI=1S/C12H9Cl3N2OS/c13-12(14,15)11(16-8-19)17-10(18)7-6-9-4-2-1-3-5-9/h1-7,11H,(H,17,18). The summed E-state index contributed by atoms with van der Waals surface area (Å²) in [6, 6.07) is 9.30. The summed E-state index contributed by atoms with van der Waals surface area (Å²) in [6.07, 6.45) is 1.87. The minimum atomic E-state index is -1.79. The van der Waals surface area contributed by atoms with Crippen molar-refractivity contribution in [3.05, 3.63) is 42.0 Å². The number of nitrogens with zero attached hydrogens (tertiary/aromatic N) is 1. The molecular weight excluding hydrogens is 327 g/mol. The molecule has 0 saturated heterocycles. The van der Waals surface area contributed by atoms with E-state index in [4.69, 9.17) is 34.8 Å². The van der Waals surface area contributed by atoms with Gasteiger partial charge in [-0.2, -0.15) is 0 Å². The van der Waals surface area contributed by atoms with Gasteiger partial charge in [0.15, 0.2) is 6.17 Å². The van der Waals surface area contributed by atoms with Crippen LogP contribution in [0.15, 0.2) is 41.4 Å². The first-order chi connectivity index (χ1) is 8.93. The fourth-order valence-electron chi connectivity index (χ4n) is 1.16. The Labute approximate surface area is 131 Å². The number of carbonyl (C=O) groups excluding carboxylic acids is 1. The molecule has 19 heavy (non-hydrogen) atoms. The zero-order valence-corrected chi connectivity index (χ0v) is 12.6. The quantitative estimate of drug-likeness (QED) is 0.395. The first-order valence-electron chi connectivity index (χ1n) is 5.11. The van der Waals surface area contributed by atoms with Gasteiger partial charge in [0.25, 0.3) is 0 Å². The predicted octanol–water partition coefficient (Wildman–Crippen LogP) is 3.62. The average Bonchev–Trinajstić information content (AvgIpc) is 2.36. The number of hydrogen-bond donors (Lipinski definition) is 1. The summed E-state index contributed by atoms with van der Waals surface area (Å²) in [5.41, 5.74) is 0.876. The Kier molecular flexibility index (Phi) is 6.49. The molecule has 0 saturated carbocycles. The van der Waals surface area contributed by atoms with Crippen molar-refractivity contribution in [2.75, 3.05) is 0 Å². The van der Waals surface area contributed by atoms with Crippen molar-refractivity contribution in [3.63, 3.8) is 0 Å². The van der Waals surface area contributed by atoms with Crippen LogP contribution in [-0.2, 0) is 4.79 Å². The molecule has 1 rings (SSSR count). The maximum atomic E-state index is 11.7. The van der Waals surface area contributed by atoms with E-state index in [1.54, 1.807) is 6.08 Å². The lowest BCUT2D eigenvalue weighted by Crippen LogP contribution is -2.41. The Balaban J connectivity index is 2.69. The molecule has 3 nitrogen and oxygen atoms in total. The Bertz CT molecular complexity index is 507. The molecule has 1 unspecified atom stereocenters. The van der Waals surface area contributed by atoms with Gasteiger partial charge in [0.05, 0.1) is 5.16 Å². The number of alkyl halides is 3. The fraction of sp³-hybridized carbons (Fsp3) is 0.167. The van der Waals surface area contributed by atoms with Crippen molar-refractivity contribution in [3.8, 4) is 0 Å². The molecule has 1 N–H and O–H groups in total. The maximum Gasteiger partial charge on any atom is 0.245 e. The molecule has 0 radical (unpaired) electrons. The third kappa shape index (κ3) is 6.19. The summed E-state index contributed by atoms with van der Waals surface area (Å²) in [7, 11) is 0. The monoisotopic (exact) mass is 334 g/mol. The van der Waals surface area contributed by atoms with Crippen LogP contribution in [0.2, 0.25) is 0 Å². The number of amides is 1. The number of thiocarbonyl (C=S) groups is 1. The van der Waals surface area contributed by atoms with E-state index in [0.29, 0.717) is 0 Å². The van der Waals surface area contributed by atoms with Crippen molar-refractivity contribution >= 4 is 64.2 Å². The molecule has 0 heterocycles. The Hall–Kier alpha value is -0.900. The SMILES string of the molecule is O=C(C=Cc1ccccc1)NC(N=C=S)C(Cl)(Cl)Cl. The van der Waals surface area contributed by atoms with Crippen LogP contribution in [0.4, 0.5) is 0 Å². The van der Waals surface area contributed by atoms with Crippen LogP contribution in [0.5, 0.6) is 0 Å². The van der Waals surface area contributed by atoms with E-state index in [9.17, 15) is 4.79 Å². The number of hydrogen-bond acceptors (Lipinski definition) is 3. The molecular formula is C12H9Cl3N2OS. The van der Waals surface area contributed by atoms with Crippen LogP contribution in [0, 0.1) is 0 Å². The number of rotatable bonds is 4. The van der Waals surface area contributed by atoms with Gasteiger partial charge in [-0.05, 0) is 23.9 Å². The van der Waals surface area contributed by atoms with Gasteiger partial charge in [0.1, 0.15) is 0 Å². The molecule has 0 aliphatic carbocycles. The molecule has 0 fully saturated rings. The number of isothiocyanates is 1. The second kappa shape index (κ2) is 7.63. The normalized spacial score (nSPS) is 12.8. The second-order valence-corrected chi connectivity index (χ2v) is 5.97. The largest absolute Gasteiger partial charge is 0.326 e. The van der Waals surface area contributed by atoms with E-state index in [1.807, 2.05) is 30.3 Å². The van der Waals surface area contributed by atoms with Gasteiger partial charge in [-0.25, -0.2) is 4.99 Å². The van der Waals surface area contributed by atoms with Crippen LogP contribution in [0.3, 0.4) is 0 Å². The molecule has 0 aromatic heterocycles. The molecule has 1 amide bonds. The van der Waals surface area contributed by atoms with Gasteiger partial charge >= 0.3 is 0 Å². The summed E-state index contributed by atoms with van der Waals surface area (Å²) >= 11 is 21.4. The first-order valence-corrected chi connectivity index (χ1v) is 6.65. The van der Waals surface area contributed by atoms with Crippen molar-refractivity contribution in [1.29, 1.82) is 0 Å². The summed E-state index contributed by atoms with van der Waals surface area (Å²) in [5, 5.41) is 4.48. The number of nitrogens with one attached hydrogen (secondary N) is 1. The summed E-state index contributed by atoms with van der Waals surface area (Å²) < 4.78 is -1.79. The summed E-state index contributed by atoms with van der Waals surface area (Å²) in [4.78, 5) is 15.2. The van der Waals surface area contributed by atoms with Gasteiger partial charge < -0.3 is 5.32 Å². The molecule has 0 bridgehead atoms. The van der Waals surface area contributed by atoms with Gasteiger partial charge in [0, 0.05) is 6.08 Å². The van der Waals surface area contributed by atoms with Crippen molar-refractivity contribution < 1.29 is 4.79 Å². The van der Waals surface area contributed by atoms with E-state index in [0.717, 1.165) is 5.56 Å². The average molecular weight is 336 g/mol. The van der Waals surface area contributed by atoms with Gasteiger partial charge in [0.2, 0.25) is 9.70 Å². The van der Waals surface area contributed by atoms with E-state index >= 15 is 0 Å². The third-order valence-electron chi connectivity index (χ3n) is 2.00. The van der Waals surface area contributed by atoms with E-state index < -0.39 is 15.9 Å². The topological polar surface area (TPSA) is 41.5 Å². The first kappa shape index (κ1) is 16.2. The zero-order valence-electron chi connectivity index (χ0n) is 9.52. The molecule has 1 aromatic rings. The van der Waals surface area contributed by atoms with Crippen LogP contribution in [0.25, 0.3) is 6.08 Å². The molecule has 0 aliphatic rings. The van der Waals surface area contributed by atoms with Crippen molar-refractivity contribution in [2.45, 2.75) is 9.96 Å². The lowest BCUT2D eigenvalue weighted by Gasteiger charge is -2.19. The molecule has 1 atom stereocenters. The highest BCUT2D eigenvalue weighted by Gasteiger charge is 2.33. The number of halogens is 3. The predicted molar refractivity (Wildman–Crippen MR) is 82.7 cm³/mol. The molecule has 1 aromatic carbocycles. The lowest BCUT2D eigenvalue weighted by atomic mass is 10.2. The van der Waals surface area contributed by atoms with E-state index in [1.165, 1.54) is 6.08 Å². The molecule has 0 spiro atoms. The zero-order chi connectivity index (χ0) is 14.3. The molecule has 0 aliphatic heterocycles. The highest BCUT2D eigenvalue weighted by atomic mass is 35.6. The van der Waals surface area contributed by atoms with Crippen molar-refractivity contribution in [2.24, 2.45) is 4.99 Å². The number of carbonyl (C=O) groups is 1. The lowest BCUT2D eigenvalue weighted by molar-refractivity contribution is -0.117. The second-order valence-electron chi connectivity index (χ2n) is 3.42. The minimum absolute atomic E-state index is 0.450. The van der Waals surface area contributed by atoms with Gasteiger partial charge in [-0.15, -0.1) is 0 Å². The summed E-state index contributed by atoms with van der Waals surface area (Å²) in [5.74, 6) is -0.450. The van der Waals surface area contributed by atoms with E-state index in [-0.39, 0.29) is 0 Å². The molecule has 100 valence electrons. The highest BCUT2D eigenvalue weighted by molar-refractivity contribution is 7.78. The van der Waals surface area contributed by atoms with Crippen LogP contribution in [-0.4, -0.2) is 21.0 Å². The third-order valence-corrected chi connectivity index (χ3v) is 2.72. The van der Waals surface area contributed by atoms with E-state index in [2.05, 4.69) is 27.7 Å². The maximum absolute atomic E-state index is 11.7. The van der Waals surface area contributed by atoms with Crippen molar-refractivity contribution in [1.82, 2.24) is 5.32 Å². The fourth-order valence-corrected chi connectivity index (χ4v) is 1.57. The van der Waals surface area contributed by atoms with Gasteiger partial charge in [-0.1, -0.05) is 65.1 Å². The van der Waals surface area contributed by atoms with Crippen LogP contribution < -0.4 is 5.32 Å². The number of benzene rings is 1. The Morgan fingerprint density at radius 1 is 1.37 bits per heavy atom. The molecule has 7 heteroatoms. The minimum Gasteiger partial charge on any atom is -0.326 e. The number of aliphatic imine (C=N–C) groups is 1. The van der Waals surface area contributed by atoms with Gasteiger partial charge in [-0.3, -0.25) is 4.79 Å².